The highest BCUT2D eigenvalue weighted by Crippen LogP contribution is 2.29. The van der Waals surface area contributed by atoms with Gasteiger partial charge in [-0.2, -0.15) is 0 Å². The van der Waals surface area contributed by atoms with Gasteiger partial charge in [0.25, 0.3) is 5.91 Å². The van der Waals surface area contributed by atoms with E-state index in [1.54, 1.807) is 42.7 Å². The molecular formula is C22H16ClN3O3. The maximum absolute atomic E-state index is 13.2. The number of benzene rings is 2. The summed E-state index contributed by atoms with van der Waals surface area (Å²) in [6.45, 7) is 1.40. The van der Waals surface area contributed by atoms with Crippen LogP contribution in [0.15, 0.2) is 71.3 Å². The van der Waals surface area contributed by atoms with Crippen LogP contribution >= 0.6 is 11.6 Å². The summed E-state index contributed by atoms with van der Waals surface area (Å²) in [6, 6.07) is 17.4. The molecule has 2 amide bonds. The number of fused-ring (bicyclic) bond motifs is 1. The van der Waals surface area contributed by atoms with E-state index in [0.717, 1.165) is 0 Å². The molecule has 0 atom stereocenters. The van der Waals surface area contributed by atoms with Gasteiger partial charge in [0.15, 0.2) is 5.76 Å². The molecule has 0 aliphatic heterocycles. The van der Waals surface area contributed by atoms with Crippen molar-refractivity contribution in [3.05, 3.63) is 77.5 Å². The normalized spacial score (nSPS) is 10.7. The lowest BCUT2D eigenvalue weighted by molar-refractivity contribution is -0.114. The van der Waals surface area contributed by atoms with E-state index in [-0.39, 0.29) is 11.8 Å². The Morgan fingerprint density at radius 2 is 1.79 bits per heavy atom. The van der Waals surface area contributed by atoms with Crippen molar-refractivity contribution in [2.75, 3.05) is 10.6 Å². The fraction of sp³-hybridized carbons (Fsp3) is 0.0455. The van der Waals surface area contributed by atoms with Crippen LogP contribution in [0, 0.1) is 0 Å². The number of hydrogen-bond donors (Lipinski definition) is 2. The number of furan rings is 1. The summed E-state index contributed by atoms with van der Waals surface area (Å²) in [4.78, 5) is 29.2. The fourth-order valence-electron chi connectivity index (χ4n) is 3.02. The second kappa shape index (κ2) is 7.77. The van der Waals surface area contributed by atoms with Crippen LogP contribution in [0.3, 0.4) is 0 Å². The lowest BCUT2D eigenvalue weighted by atomic mass is 10.1. The first-order valence-electron chi connectivity index (χ1n) is 8.83. The molecule has 29 heavy (non-hydrogen) atoms. The van der Waals surface area contributed by atoms with E-state index in [2.05, 4.69) is 15.6 Å². The number of aromatic nitrogens is 1. The molecule has 4 rings (SSSR count). The van der Waals surface area contributed by atoms with E-state index in [1.807, 2.05) is 24.3 Å². The second-order valence-electron chi connectivity index (χ2n) is 6.37. The van der Waals surface area contributed by atoms with Gasteiger partial charge in [-0.15, -0.1) is 0 Å². The zero-order chi connectivity index (χ0) is 20.4. The Bertz CT molecular complexity index is 1220. The first kappa shape index (κ1) is 18.7. The van der Waals surface area contributed by atoms with Crippen molar-refractivity contribution in [2.24, 2.45) is 0 Å². The van der Waals surface area contributed by atoms with E-state index in [0.29, 0.717) is 44.3 Å². The first-order valence-corrected chi connectivity index (χ1v) is 9.21. The summed E-state index contributed by atoms with van der Waals surface area (Å²) in [5, 5.41) is 6.66. The molecule has 4 aromatic rings. The SMILES string of the molecule is CC(=O)Nc1ccc(Cl)cc1NC(=O)c1cc(-c2ccco2)nc2ccccc12. The molecule has 2 aromatic carbocycles. The molecule has 2 N–H and O–H groups in total. The minimum absolute atomic E-state index is 0.253. The van der Waals surface area contributed by atoms with Gasteiger partial charge in [-0.3, -0.25) is 9.59 Å². The van der Waals surface area contributed by atoms with E-state index < -0.39 is 0 Å². The Balaban J connectivity index is 1.78. The average molecular weight is 406 g/mol. The lowest BCUT2D eigenvalue weighted by Gasteiger charge is -2.13. The van der Waals surface area contributed by atoms with Gasteiger partial charge in [0, 0.05) is 17.3 Å². The number of nitrogens with one attached hydrogen (secondary N) is 2. The number of nitrogens with zero attached hydrogens (tertiary/aromatic N) is 1. The molecule has 2 aromatic heterocycles. The monoisotopic (exact) mass is 405 g/mol. The minimum atomic E-state index is -0.356. The van der Waals surface area contributed by atoms with Crippen molar-refractivity contribution in [1.82, 2.24) is 4.98 Å². The van der Waals surface area contributed by atoms with Gasteiger partial charge in [-0.25, -0.2) is 4.98 Å². The molecular weight excluding hydrogens is 390 g/mol. The lowest BCUT2D eigenvalue weighted by Crippen LogP contribution is -2.16. The Hall–Kier alpha value is -3.64. The number of hydrogen-bond acceptors (Lipinski definition) is 4. The standard InChI is InChI=1S/C22H16ClN3O3/c1-13(27)24-18-9-8-14(23)11-19(18)26-22(28)16-12-20(21-7-4-10-29-21)25-17-6-3-2-5-15(16)17/h2-12H,1H3,(H,24,27)(H,26,28). The number of pyridine rings is 1. The Labute approximate surface area is 171 Å². The van der Waals surface area contributed by atoms with Crippen molar-refractivity contribution < 1.29 is 14.0 Å². The zero-order valence-corrected chi connectivity index (χ0v) is 16.2. The third-order valence-corrected chi connectivity index (χ3v) is 4.51. The van der Waals surface area contributed by atoms with Gasteiger partial charge in [0.1, 0.15) is 5.69 Å². The second-order valence-corrected chi connectivity index (χ2v) is 6.81. The van der Waals surface area contributed by atoms with Crippen molar-refractivity contribution in [1.29, 1.82) is 0 Å². The van der Waals surface area contributed by atoms with Crippen LogP contribution in [-0.4, -0.2) is 16.8 Å². The van der Waals surface area contributed by atoms with Crippen LogP contribution in [0.1, 0.15) is 17.3 Å². The molecule has 0 saturated heterocycles. The minimum Gasteiger partial charge on any atom is -0.463 e. The topological polar surface area (TPSA) is 84.2 Å². The highest BCUT2D eigenvalue weighted by Gasteiger charge is 2.17. The Morgan fingerprint density at radius 1 is 0.966 bits per heavy atom. The summed E-state index contributed by atoms with van der Waals surface area (Å²) in [5.74, 6) is -0.0472. The molecule has 0 fully saturated rings. The molecule has 0 bridgehead atoms. The summed E-state index contributed by atoms with van der Waals surface area (Å²) < 4.78 is 5.44. The summed E-state index contributed by atoms with van der Waals surface area (Å²) in [5.41, 5.74) is 2.50. The van der Waals surface area contributed by atoms with Gasteiger partial charge >= 0.3 is 0 Å². The van der Waals surface area contributed by atoms with Crippen molar-refractivity contribution in [3.63, 3.8) is 0 Å². The number of rotatable bonds is 4. The van der Waals surface area contributed by atoms with Crippen LogP contribution in [-0.2, 0) is 4.79 Å². The molecule has 6 nitrogen and oxygen atoms in total. The largest absolute Gasteiger partial charge is 0.463 e. The van der Waals surface area contributed by atoms with E-state index in [4.69, 9.17) is 16.0 Å². The number of carbonyl (C=O) groups excluding carboxylic acids is 2. The maximum atomic E-state index is 13.2. The van der Waals surface area contributed by atoms with Gasteiger partial charge in [0.05, 0.1) is 28.7 Å². The van der Waals surface area contributed by atoms with Crippen LogP contribution < -0.4 is 10.6 Å². The van der Waals surface area contributed by atoms with Gasteiger partial charge < -0.3 is 15.1 Å². The van der Waals surface area contributed by atoms with Crippen molar-refractivity contribution >= 4 is 45.7 Å². The average Bonchev–Trinajstić information content (AvgIpc) is 3.24. The molecule has 0 aliphatic rings. The zero-order valence-electron chi connectivity index (χ0n) is 15.4. The quantitative estimate of drug-likeness (QED) is 0.478. The maximum Gasteiger partial charge on any atom is 0.256 e. The number of anilines is 2. The molecule has 0 saturated carbocycles. The molecule has 2 heterocycles. The fourth-order valence-corrected chi connectivity index (χ4v) is 3.19. The smallest absolute Gasteiger partial charge is 0.256 e. The third-order valence-electron chi connectivity index (χ3n) is 4.27. The van der Waals surface area contributed by atoms with E-state index in [9.17, 15) is 9.59 Å². The predicted octanol–water partition coefficient (Wildman–Crippen LogP) is 5.36. The summed E-state index contributed by atoms with van der Waals surface area (Å²) >= 11 is 6.08. The van der Waals surface area contributed by atoms with Crippen molar-refractivity contribution in [3.8, 4) is 11.5 Å². The van der Waals surface area contributed by atoms with Crippen LogP contribution in [0.2, 0.25) is 5.02 Å². The molecule has 0 aliphatic carbocycles. The Morgan fingerprint density at radius 3 is 2.55 bits per heavy atom. The van der Waals surface area contributed by atoms with Crippen LogP contribution in [0.25, 0.3) is 22.4 Å². The third kappa shape index (κ3) is 3.97. The van der Waals surface area contributed by atoms with Gasteiger partial charge in [0.2, 0.25) is 5.91 Å². The highest BCUT2D eigenvalue weighted by atomic mass is 35.5. The highest BCUT2D eigenvalue weighted by molar-refractivity contribution is 6.31. The molecule has 0 unspecified atom stereocenters. The van der Waals surface area contributed by atoms with E-state index >= 15 is 0 Å². The predicted molar refractivity (Wildman–Crippen MR) is 113 cm³/mol. The number of carbonyl (C=O) groups is 2. The molecule has 0 spiro atoms. The van der Waals surface area contributed by atoms with E-state index in [1.165, 1.54) is 6.92 Å². The number of para-hydroxylation sites is 1. The molecule has 144 valence electrons. The molecule has 0 radical (unpaired) electrons. The van der Waals surface area contributed by atoms with Crippen LogP contribution in [0.4, 0.5) is 11.4 Å². The Kier molecular flexibility index (Phi) is 5.01. The molecule has 7 heteroatoms. The van der Waals surface area contributed by atoms with Crippen LogP contribution in [0.5, 0.6) is 0 Å². The number of halogens is 1. The van der Waals surface area contributed by atoms with Crippen molar-refractivity contribution in [2.45, 2.75) is 6.92 Å². The van der Waals surface area contributed by atoms with Gasteiger partial charge in [-0.1, -0.05) is 29.8 Å². The van der Waals surface area contributed by atoms with Gasteiger partial charge in [-0.05, 0) is 42.5 Å². The summed E-state index contributed by atoms with van der Waals surface area (Å²) in [7, 11) is 0. The first-order chi connectivity index (χ1) is 14.0. The number of amides is 2. The summed E-state index contributed by atoms with van der Waals surface area (Å²) in [6.07, 6.45) is 1.55.